The van der Waals surface area contributed by atoms with Crippen LogP contribution < -0.4 is 11.5 Å². The van der Waals surface area contributed by atoms with Gasteiger partial charge in [0, 0.05) is 11.5 Å². The van der Waals surface area contributed by atoms with E-state index in [9.17, 15) is 39.9 Å². The third-order valence-corrected chi connectivity index (χ3v) is 6.99. The fourth-order valence-corrected chi connectivity index (χ4v) is 5.58. The van der Waals surface area contributed by atoms with E-state index in [-0.39, 0.29) is 11.3 Å². The topological polar surface area (TPSA) is 245 Å². The Morgan fingerprint density at radius 2 is 1.64 bits per heavy atom. The van der Waals surface area contributed by atoms with Crippen molar-refractivity contribution in [3.8, 4) is 5.75 Å². The van der Waals surface area contributed by atoms with Crippen LogP contribution in [0.15, 0.2) is 35.1 Å². The number of benzene rings is 1. The average molecular weight is 505 g/mol. The van der Waals surface area contributed by atoms with Crippen molar-refractivity contribution in [1.82, 2.24) is 4.90 Å². The largest absolute Gasteiger partial charge is 0.508 e. The molecule has 3 aliphatic carbocycles. The standard InChI is InChI=1S/C22H24N2O8.CH3NO2/c1-7-8-5-4-6-9(25)11(8)16(26)12-10(7)17(27)14-15(24(2)3)18(28)13(21(23)31)20(30)22(14,32)19(12)29;2-1(3)4/h4-7,10,14-15,17,25-27,30,32H,1-3H3,(H2,23,31);2H2,(H,3,4)/t7-,10+,14-,15-,17-,22-;/m0./s1. The lowest BCUT2D eigenvalue weighted by Gasteiger charge is -2.53. The smallest absolute Gasteiger partial charge is 0.402 e. The molecule has 0 unspecified atom stereocenters. The summed E-state index contributed by atoms with van der Waals surface area (Å²) in [5.74, 6) is -8.87. The summed E-state index contributed by atoms with van der Waals surface area (Å²) in [6, 6.07) is 3.13. The number of aromatic hydroxyl groups is 1. The van der Waals surface area contributed by atoms with Gasteiger partial charge in [-0.2, -0.15) is 0 Å². The number of rotatable bonds is 2. The molecule has 13 nitrogen and oxygen atoms in total. The van der Waals surface area contributed by atoms with Crippen LogP contribution in [-0.4, -0.2) is 90.9 Å². The Morgan fingerprint density at radius 1 is 1.08 bits per heavy atom. The number of hydrogen-bond donors (Lipinski definition) is 8. The second kappa shape index (κ2) is 8.93. The number of phenols is 1. The number of amides is 2. The molecule has 0 bridgehead atoms. The molecule has 0 saturated heterocycles. The van der Waals surface area contributed by atoms with Gasteiger partial charge in [-0.15, -0.1) is 0 Å². The zero-order valence-corrected chi connectivity index (χ0v) is 19.5. The minimum atomic E-state index is -2.89. The van der Waals surface area contributed by atoms with Gasteiger partial charge in [-0.3, -0.25) is 19.3 Å². The molecule has 1 aromatic carbocycles. The molecule has 10 N–H and O–H groups in total. The van der Waals surface area contributed by atoms with E-state index in [0.29, 0.717) is 5.56 Å². The Labute approximate surface area is 204 Å². The van der Waals surface area contributed by atoms with Crippen molar-refractivity contribution in [2.75, 3.05) is 14.1 Å². The number of ketones is 2. The number of nitrogens with zero attached hydrogens (tertiary/aromatic N) is 1. The van der Waals surface area contributed by atoms with Crippen LogP contribution in [-0.2, 0) is 14.4 Å². The third-order valence-electron chi connectivity index (χ3n) is 6.99. The number of phenolic OH excluding ortho intramolecular Hbond substituents is 1. The van der Waals surface area contributed by atoms with E-state index in [1.165, 1.54) is 25.1 Å². The number of likely N-dealkylation sites (N-methyl/N-ethyl adjacent to an activating group) is 1. The summed E-state index contributed by atoms with van der Waals surface area (Å²) in [4.78, 5) is 48.7. The van der Waals surface area contributed by atoms with Crippen LogP contribution in [0, 0.1) is 11.8 Å². The van der Waals surface area contributed by atoms with Gasteiger partial charge in [0.1, 0.15) is 22.8 Å². The fraction of sp³-hybridized carbons (Fsp3) is 0.391. The highest BCUT2D eigenvalue weighted by molar-refractivity contribution is 6.24. The van der Waals surface area contributed by atoms with E-state index in [2.05, 4.69) is 5.73 Å². The van der Waals surface area contributed by atoms with Crippen LogP contribution in [0.1, 0.15) is 24.0 Å². The van der Waals surface area contributed by atoms with Crippen LogP contribution in [0.4, 0.5) is 4.79 Å². The lowest BCUT2D eigenvalue weighted by molar-refractivity contribution is -0.169. The van der Waals surface area contributed by atoms with Gasteiger partial charge in [0.25, 0.3) is 5.91 Å². The molecule has 3 aliphatic rings. The first-order valence-electron chi connectivity index (χ1n) is 10.7. The van der Waals surface area contributed by atoms with Crippen molar-refractivity contribution in [3.63, 3.8) is 0 Å². The number of Topliss-reactive ketones (excluding diaryl/α,β-unsaturated/α-hetero) is 2. The Kier molecular flexibility index (Phi) is 6.61. The van der Waals surface area contributed by atoms with Gasteiger partial charge in [0.2, 0.25) is 5.78 Å². The predicted octanol–water partition coefficient (Wildman–Crippen LogP) is -0.881. The minimum absolute atomic E-state index is 0.0245. The third kappa shape index (κ3) is 3.59. The van der Waals surface area contributed by atoms with E-state index < -0.39 is 81.7 Å². The number of nitrogens with two attached hydrogens (primary N) is 2. The molecule has 0 spiro atoms. The summed E-state index contributed by atoms with van der Waals surface area (Å²) < 4.78 is 0. The van der Waals surface area contributed by atoms with Crippen molar-refractivity contribution < 1.29 is 49.8 Å². The van der Waals surface area contributed by atoms with Crippen LogP contribution in [0.25, 0.3) is 5.76 Å². The lowest BCUT2D eigenvalue weighted by Crippen LogP contribution is -2.70. The Morgan fingerprint density at radius 3 is 2.14 bits per heavy atom. The van der Waals surface area contributed by atoms with E-state index in [0.717, 1.165) is 0 Å². The van der Waals surface area contributed by atoms with E-state index in [1.807, 2.05) is 0 Å². The van der Waals surface area contributed by atoms with Crippen molar-refractivity contribution in [2.45, 2.75) is 30.6 Å². The maximum Gasteiger partial charge on any atom is 0.402 e. The number of primary amides is 2. The summed E-state index contributed by atoms with van der Waals surface area (Å²) in [5.41, 5.74) is 5.50. The number of fused-ring (bicyclic) bond motifs is 3. The molecular weight excluding hydrogens is 478 g/mol. The van der Waals surface area contributed by atoms with Gasteiger partial charge in [0.15, 0.2) is 11.4 Å². The summed E-state index contributed by atoms with van der Waals surface area (Å²) in [6.45, 7) is 1.68. The summed E-state index contributed by atoms with van der Waals surface area (Å²) in [6.07, 6.45) is -2.92. The van der Waals surface area contributed by atoms with Crippen LogP contribution in [0.3, 0.4) is 0 Å². The molecule has 13 heteroatoms. The molecule has 0 radical (unpaired) electrons. The number of carbonyl (C=O) groups excluding carboxylic acids is 3. The second-order valence-electron chi connectivity index (χ2n) is 9.13. The first kappa shape index (κ1) is 26.7. The number of carbonyl (C=O) groups is 4. The zero-order valence-electron chi connectivity index (χ0n) is 19.5. The molecule has 0 aromatic heterocycles. The second-order valence-corrected chi connectivity index (χ2v) is 9.13. The highest BCUT2D eigenvalue weighted by atomic mass is 16.4. The van der Waals surface area contributed by atoms with Gasteiger partial charge < -0.3 is 42.1 Å². The van der Waals surface area contributed by atoms with Crippen LogP contribution in [0.2, 0.25) is 0 Å². The quantitative estimate of drug-likeness (QED) is 0.229. The molecule has 4 rings (SSSR count). The van der Waals surface area contributed by atoms with Crippen molar-refractivity contribution in [3.05, 3.63) is 46.2 Å². The first-order valence-corrected chi connectivity index (χ1v) is 10.7. The Bertz CT molecular complexity index is 1230. The lowest BCUT2D eigenvalue weighted by atomic mass is 9.54. The first-order chi connectivity index (χ1) is 16.6. The average Bonchev–Trinajstić information content (AvgIpc) is 2.75. The van der Waals surface area contributed by atoms with Gasteiger partial charge in [-0.05, 0) is 31.6 Å². The molecule has 1 fully saturated rings. The SMILES string of the molecule is C[C@H]1c2cccc(O)c2C(O)=C2C(=O)[C@]3(O)C(O)=C(C(N)=O)C(=O)[C@@H](N(C)C)[C@H]3[C@@H](O)[C@@H]21.NC(=O)O. The summed E-state index contributed by atoms with van der Waals surface area (Å²) in [5, 5.41) is 62.1. The number of hydrogen-bond acceptors (Lipinski definition) is 10. The van der Waals surface area contributed by atoms with Gasteiger partial charge in [-0.1, -0.05) is 19.1 Å². The van der Waals surface area contributed by atoms with Crippen molar-refractivity contribution >= 4 is 29.3 Å². The van der Waals surface area contributed by atoms with Crippen molar-refractivity contribution in [1.29, 1.82) is 0 Å². The Hall–Kier alpha value is -3.94. The molecule has 1 aromatic rings. The molecule has 0 heterocycles. The summed E-state index contributed by atoms with van der Waals surface area (Å²) >= 11 is 0. The van der Waals surface area contributed by atoms with Gasteiger partial charge in [0.05, 0.1) is 23.6 Å². The molecule has 6 atom stereocenters. The number of aliphatic hydroxyl groups excluding tert-OH is 3. The minimum Gasteiger partial charge on any atom is -0.508 e. The maximum absolute atomic E-state index is 13.7. The Balaban J connectivity index is 0.000000840. The monoisotopic (exact) mass is 505 g/mol. The number of aliphatic hydroxyl groups is 4. The fourth-order valence-electron chi connectivity index (χ4n) is 5.58. The number of carboxylic acid groups (broad SMARTS) is 1. The highest BCUT2D eigenvalue weighted by Crippen LogP contribution is 2.55. The highest BCUT2D eigenvalue weighted by Gasteiger charge is 2.68. The molecular formula is C23H27N3O10. The summed E-state index contributed by atoms with van der Waals surface area (Å²) in [7, 11) is 2.92. The zero-order chi connectivity index (χ0) is 27.4. The van der Waals surface area contributed by atoms with E-state index in [4.69, 9.17) is 15.6 Å². The molecule has 36 heavy (non-hydrogen) atoms. The van der Waals surface area contributed by atoms with Gasteiger partial charge >= 0.3 is 6.09 Å². The van der Waals surface area contributed by atoms with Crippen LogP contribution >= 0.6 is 0 Å². The molecule has 1 saturated carbocycles. The molecule has 0 aliphatic heterocycles. The van der Waals surface area contributed by atoms with Crippen LogP contribution in [0.5, 0.6) is 5.75 Å². The normalized spacial score (nSPS) is 31.2. The predicted molar refractivity (Wildman–Crippen MR) is 123 cm³/mol. The molecule has 2 amide bonds. The molecule has 194 valence electrons. The maximum atomic E-state index is 13.7. The van der Waals surface area contributed by atoms with E-state index in [1.54, 1.807) is 19.1 Å². The van der Waals surface area contributed by atoms with E-state index >= 15 is 0 Å². The van der Waals surface area contributed by atoms with Gasteiger partial charge in [-0.25, -0.2) is 4.79 Å². The van der Waals surface area contributed by atoms with Crippen molar-refractivity contribution in [2.24, 2.45) is 23.3 Å².